The minimum atomic E-state index is -1.00. The molecule has 1 aromatic heterocycles. The summed E-state index contributed by atoms with van der Waals surface area (Å²) in [6.45, 7) is 5.52. The summed E-state index contributed by atoms with van der Waals surface area (Å²) in [5.74, 6) is -2.13. The van der Waals surface area contributed by atoms with E-state index in [1.807, 2.05) is 24.5 Å². The maximum absolute atomic E-state index is 13.4. The second-order valence-electron chi connectivity index (χ2n) is 7.86. The number of benzene rings is 2. The van der Waals surface area contributed by atoms with Crippen LogP contribution in [0.2, 0.25) is 5.02 Å². The summed E-state index contributed by atoms with van der Waals surface area (Å²) < 4.78 is 1.92. The van der Waals surface area contributed by atoms with Crippen molar-refractivity contribution in [1.82, 2.24) is 9.88 Å². The van der Waals surface area contributed by atoms with Crippen LogP contribution in [0.3, 0.4) is 0 Å². The van der Waals surface area contributed by atoms with E-state index in [1.54, 1.807) is 37.3 Å². The number of nitrogens with one attached hydrogen (secondary N) is 1. The Balaban J connectivity index is 1.76. The van der Waals surface area contributed by atoms with Gasteiger partial charge in [0, 0.05) is 22.1 Å². The van der Waals surface area contributed by atoms with Crippen molar-refractivity contribution in [2.45, 2.75) is 20.8 Å². The molecule has 0 aliphatic carbocycles. The number of aromatic carboxylic acids is 1. The highest BCUT2D eigenvalue weighted by Gasteiger charge is 2.35. The number of thiocarbonyl (C=S) groups is 1. The number of carboxylic acids is 1. The van der Waals surface area contributed by atoms with Crippen molar-refractivity contribution in [2.24, 2.45) is 0 Å². The summed E-state index contributed by atoms with van der Waals surface area (Å²) in [6, 6.07) is 13.5. The van der Waals surface area contributed by atoms with Crippen molar-refractivity contribution in [3.8, 4) is 5.69 Å². The van der Waals surface area contributed by atoms with Crippen LogP contribution in [0, 0.1) is 20.8 Å². The maximum Gasteiger partial charge on any atom is 0.335 e. The lowest BCUT2D eigenvalue weighted by atomic mass is 10.1. The van der Waals surface area contributed by atoms with Gasteiger partial charge in [-0.1, -0.05) is 17.7 Å². The Bertz CT molecular complexity index is 1410. The molecule has 2 aromatic carbocycles. The van der Waals surface area contributed by atoms with Crippen LogP contribution in [0.4, 0.5) is 5.69 Å². The molecule has 2 heterocycles. The van der Waals surface area contributed by atoms with Gasteiger partial charge in [0.25, 0.3) is 11.8 Å². The van der Waals surface area contributed by atoms with Crippen LogP contribution in [0.15, 0.2) is 54.1 Å². The third kappa shape index (κ3) is 4.02. The van der Waals surface area contributed by atoms with E-state index in [1.165, 1.54) is 23.1 Å². The SMILES string of the molecule is Cc1c(Cl)cccc1N1C(=O)/C(=C/c2cc(C)n(-c3ccc(C(=O)O)cc3)c2C)C(=O)NC1=S. The van der Waals surface area contributed by atoms with E-state index in [-0.39, 0.29) is 16.2 Å². The Hall–Kier alpha value is -3.75. The molecule has 2 amide bonds. The van der Waals surface area contributed by atoms with Gasteiger partial charge < -0.3 is 9.67 Å². The second kappa shape index (κ2) is 8.89. The molecule has 1 aliphatic rings. The first-order valence-electron chi connectivity index (χ1n) is 10.3. The molecule has 0 radical (unpaired) electrons. The van der Waals surface area contributed by atoms with Crippen LogP contribution < -0.4 is 10.2 Å². The number of nitrogens with zero attached hydrogens (tertiary/aromatic N) is 2. The standard InChI is InChI=1S/C25H20ClN3O4S/c1-13-11-17(15(3)28(13)18-9-7-16(8-10-18)24(32)33)12-19-22(30)27-25(34)29(23(19)31)21-6-4-5-20(26)14(21)2/h4-12H,1-3H3,(H,32,33)(H,27,30,34)/b19-12+. The number of halogens is 1. The summed E-state index contributed by atoms with van der Waals surface area (Å²) in [5, 5.41) is 12.2. The third-order valence-corrected chi connectivity index (χ3v) is 6.42. The van der Waals surface area contributed by atoms with Crippen molar-refractivity contribution in [3.63, 3.8) is 0 Å². The van der Waals surface area contributed by atoms with Gasteiger partial charge in [0.1, 0.15) is 5.57 Å². The zero-order valence-electron chi connectivity index (χ0n) is 18.5. The van der Waals surface area contributed by atoms with Gasteiger partial charge in [0.05, 0.1) is 11.3 Å². The molecule has 1 aliphatic heterocycles. The smallest absolute Gasteiger partial charge is 0.335 e. The first kappa shape index (κ1) is 23.4. The number of carbonyl (C=O) groups is 3. The Morgan fingerprint density at radius 2 is 1.76 bits per heavy atom. The third-order valence-electron chi connectivity index (χ3n) is 5.72. The fourth-order valence-electron chi connectivity index (χ4n) is 3.95. The molecule has 1 fully saturated rings. The second-order valence-corrected chi connectivity index (χ2v) is 8.65. The normalized spacial score (nSPS) is 15.1. The molecule has 4 rings (SSSR count). The average molecular weight is 494 g/mol. The Morgan fingerprint density at radius 1 is 1.09 bits per heavy atom. The number of aryl methyl sites for hydroxylation is 1. The van der Waals surface area contributed by atoms with Crippen LogP contribution >= 0.6 is 23.8 Å². The molecule has 3 aromatic rings. The van der Waals surface area contributed by atoms with Gasteiger partial charge in [0.15, 0.2) is 5.11 Å². The number of carboxylic acid groups (broad SMARTS) is 1. The quantitative estimate of drug-likeness (QED) is 0.315. The van der Waals surface area contributed by atoms with Crippen molar-refractivity contribution in [2.75, 3.05) is 4.90 Å². The molecule has 0 unspecified atom stereocenters. The molecule has 2 N–H and O–H groups in total. The molecular formula is C25H20ClN3O4S. The molecule has 9 heteroatoms. The lowest BCUT2D eigenvalue weighted by molar-refractivity contribution is -0.122. The molecule has 0 saturated carbocycles. The molecule has 34 heavy (non-hydrogen) atoms. The molecule has 0 atom stereocenters. The summed E-state index contributed by atoms with van der Waals surface area (Å²) >= 11 is 11.5. The Morgan fingerprint density at radius 3 is 2.41 bits per heavy atom. The fourth-order valence-corrected chi connectivity index (χ4v) is 4.40. The molecule has 1 saturated heterocycles. The maximum atomic E-state index is 13.4. The molecule has 0 spiro atoms. The topological polar surface area (TPSA) is 91.6 Å². The van der Waals surface area contributed by atoms with Crippen LogP contribution in [-0.2, 0) is 9.59 Å². The van der Waals surface area contributed by atoms with E-state index < -0.39 is 17.8 Å². The molecule has 172 valence electrons. The highest BCUT2D eigenvalue weighted by atomic mass is 35.5. The van der Waals surface area contributed by atoms with E-state index >= 15 is 0 Å². The first-order valence-corrected chi connectivity index (χ1v) is 11.1. The van der Waals surface area contributed by atoms with Crippen molar-refractivity contribution >= 4 is 58.5 Å². The van der Waals surface area contributed by atoms with Gasteiger partial charge in [-0.2, -0.15) is 0 Å². The average Bonchev–Trinajstić information content (AvgIpc) is 3.06. The lowest BCUT2D eigenvalue weighted by Gasteiger charge is -2.30. The minimum absolute atomic E-state index is 0.0125. The lowest BCUT2D eigenvalue weighted by Crippen LogP contribution is -2.54. The number of aromatic nitrogens is 1. The predicted molar refractivity (Wildman–Crippen MR) is 135 cm³/mol. The molecular weight excluding hydrogens is 474 g/mol. The zero-order valence-corrected chi connectivity index (χ0v) is 20.1. The molecule has 0 bridgehead atoms. The number of hydrogen-bond acceptors (Lipinski definition) is 4. The van der Waals surface area contributed by atoms with E-state index in [9.17, 15) is 14.4 Å². The van der Waals surface area contributed by atoms with Gasteiger partial charge in [-0.15, -0.1) is 0 Å². The van der Waals surface area contributed by atoms with Crippen molar-refractivity contribution in [1.29, 1.82) is 0 Å². The van der Waals surface area contributed by atoms with Crippen LogP contribution in [-0.4, -0.2) is 32.6 Å². The van der Waals surface area contributed by atoms with Crippen LogP contribution in [0.1, 0.15) is 32.9 Å². The number of anilines is 1. The summed E-state index contributed by atoms with van der Waals surface area (Å²) in [5.41, 5.74) is 4.37. The largest absolute Gasteiger partial charge is 0.478 e. The fraction of sp³-hybridized carbons (Fsp3) is 0.120. The molecule has 7 nitrogen and oxygen atoms in total. The summed E-state index contributed by atoms with van der Waals surface area (Å²) in [4.78, 5) is 38.5. The van der Waals surface area contributed by atoms with Gasteiger partial charge in [0.2, 0.25) is 0 Å². The van der Waals surface area contributed by atoms with Crippen LogP contribution in [0.5, 0.6) is 0 Å². The van der Waals surface area contributed by atoms with E-state index in [0.717, 1.165) is 17.1 Å². The van der Waals surface area contributed by atoms with Gasteiger partial charge in [-0.3, -0.25) is 19.8 Å². The van der Waals surface area contributed by atoms with Crippen molar-refractivity contribution in [3.05, 3.63) is 87.2 Å². The van der Waals surface area contributed by atoms with E-state index in [4.69, 9.17) is 28.9 Å². The first-order chi connectivity index (χ1) is 16.1. The predicted octanol–water partition coefficient (Wildman–Crippen LogP) is 4.59. The number of hydrogen-bond donors (Lipinski definition) is 2. The van der Waals surface area contributed by atoms with Gasteiger partial charge in [-0.05, 0) is 92.7 Å². The number of rotatable bonds is 4. The van der Waals surface area contributed by atoms with Crippen molar-refractivity contribution < 1.29 is 19.5 Å². The zero-order chi connectivity index (χ0) is 24.7. The number of carbonyl (C=O) groups excluding carboxylic acids is 2. The van der Waals surface area contributed by atoms with Gasteiger partial charge in [-0.25, -0.2) is 4.79 Å². The Labute approximate surface area is 206 Å². The van der Waals surface area contributed by atoms with Crippen LogP contribution in [0.25, 0.3) is 11.8 Å². The van der Waals surface area contributed by atoms with E-state index in [0.29, 0.717) is 21.8 Å². The summed E-state index contributed by atoms with van der Waals surface area (Å²) in [7, 11) is 0. The Kier molecular flexibility index (Phi) is 6.12. The van der Waals surface area contributed by atoms with E-state index in [2.05, 4.69) is 5.32 Å². The van der Waals surface area contributed by atoms with Gasteiger partial charge >= 0.3 is 5.97 Å². The highest BCUT2D eigenvalue weighted by molar-refractivity contribution is 7.80. The monoisotopic (exact) mass is 493 g/mol. The number of amides is 2. The summed E-state index contributed by atoms with van der Waals surface area (Å²) in [6.07, 6.45) is 1.54. The minimum Gasteiger partial charge on any atom is -0.478 e. The highest BCUT2D eigenvalue weighted by Crippen LogP contribution is 2.30.